The number of hydrogen-bond acceptors (Lipinski definition) is 5. The highest BCUT2D eigenvalue weighted by Gasteiger charge is 2.12. The van der Waals surface area contributed by atoms with Gasteiger partial charge in [-0.3, -0.25) is 9.59 Å². The van der Waals surface area contributed by atoms with E-state index in [1.54, 1.807) is 54.6 Å². The van der Waals surface area contributed by atoms with Crippen LogP contribution < -0.4 is 10.1 Å². The van der Waals surface area contributed by atoms with Gasteiger partial charge in [0.25, 0.3) is 5.91 Å². The monoisotopic (exact) mass is 417 g/mol. The minimum Gasteiger partial charge on any atom is -0.482 e. The van der Waals surface area contributed by atoms with Gasteiger partial charge in [0, 0.05) is 16.8 Å². The summed E-state index contributed by atoms with van der Waals surface area (Å²) in [5.41, 5.74) is 3.48. The highest BCUT2D eigenvalue weighted by Crippen LogP contribution is 2.20. The standard InChI is InChI=1S/C25H23NO5/c1-17-7-6-10-23(18(17)2)30-16-24(28)31-15-22(27)19-11-13-21(14-12-19)26-25(29)20-8-4-3-5-9-20/h3-14H,15-16H2,1-2H3,(H,26,29). The number of Topliss-reactive ketones (excluding diaryl/α,β-unsaturated/α-hetero) is 1. The molecule has 0 heterocycles. The summed E-state index contributed by atoms with van der Waals surface area (Å²) in [6.45, 7) is 3.20. The van der Waals surface area contributed by atoms with E-state index in [0.29, 0.717) is 22.6 Å². The maximum atomic E-state index is 12.3. The Morgan fingerprint density at radius 3 is 2.19 bits per heavy atom. The third kappa shape index (κ3) is 6.02. The zero-order chi connectivity index (χ0) is 22.2. The lowest BCUT2D eigenvalue weighted by atomic mass is 10.1. The predicted octanol–water partition coefficient (Wildman–Crippen LogP) is 4.36. The number of rotatable bonds is 8. The normalized spacial score (nSPS) is 10.3. The maximum absolute atomic E-state index is 12.3. The second kappa shape index (κ2) is 10.2. The second-order valence-electron chi connectivity index (χ2n) is 6.97. The summed E-state index contributed by atoms with van der Waals surface area (Å²) in [7, 11) is 0. The molecule has 0 saturated heterocycles. The van der Waals surface area contributed by atoms with Crippen molar-refractivity contribution in [2.45, 2.75) is 13.8 Å². The van der Waals surface area contributed by atoms with Gasteiger partial charge in [-0.1, -0.05) is 30.3 Å². The van der Waals surface area contributed by atoms with Crippen LogP contribution in [0, 0.1) is 13.8 Å². The molecule has 0 aliphatic carbocycles. The summed E-state index contributed by atoms with van der Waals surface area (Å²) in [4.78, 5) is 36.3. The van der Waals surface area contributed by atoms with Crippen LogP contribution in [-0.4, -0.2) is 30.9 Å². The molecule has 6 heteroatoms. The molecule has 0 aliphatic heterocycles. The summed E-state index contributed by atoms with van der Waals surface area (Å²) >= 11 is 0. The van der Waals surface area contributed by atoms with Crippen molar-refractivity contribution in [2.75, 3.05) is 18.5 Å². The Bertz CT molecular complexity index is 1070. The number of amides is 1. The molecule has 0 aromatic heterocycles. The third-order valence-electron chi connectivity index (χ3n) is 4.77. The molecule has 1 amide bonds. The molecule has 3 rings (SSSR count). The van der Waals surface area contributed by atoms with Crippen molar-refractivity contribution in [1.82, 2.24) is 0 Å². The highest BCUT2D eigenvalue weighted by molar-refractivity contribution is 6.04. The Hall–Kier alpha value is -3.93. The van der Waals surface area contributed by atoms with Crippen LogP contribution in [0.5, 0.6) is 5.75 Å². The van der Waals surface area contributed by atoms with E-state index < -0.39 is 5.97 Å². The first-order valence-corrected chi connectivity index (χ1v) is 9.78. The molecule has 1 N–H and O–H groups in total. The number of ether oxygens (including phenoxy) is 2. The Kier molecular flexibility index (Phi) is 7.17. The minimum absolute atomic E-state index is 0.238. The van der Waals surface area contributed by atoms with E-state index in [1.165, 1.54) is 0 Å². The molecule has 0 unspecified atom stereocenters. The van der Waals surface area contributed by atoms with Gasteiger partial charge in [0.1, 0.15) is 5.75 Å². The van der Waals surface area contributed by atoms with Crippen LogP contribution in [0.3, 0.4) is 0 Å². The summed E-state index contributed by atoms with van der Waals surface area (Å²) < 4.78 is 10.5. The lowest BCUT2D eigenvalue weighted by Crippen LogP contribution is -2.20. The molecule has 0 atom stereocenters. The smallest absolute Gasteiger partial charge is 0.344 e. The molecule has 0 fully saturated rings. The van der Waals surface area contributed by atoms with E-state index >= 15 is 0 Å². The van der Waals surface area contributed by atoms with Gasteiger partial charge >= 0.3 is 5.97 Å². The van der Waals surface area contributed by atoms with E-state index in [9.17, 15) is 14.4 Å². The molecule has 31 heavy (non-hydrogen) atoms. The maximum Gasteiger partial charge on any atom is 0.344 e. The van der Waals surface area contributed by atoms with Crippen molar-refractivity contribution in [3.8, 4) is 5.75 Å². The number of nitrogens with one attached hydrogen (secondary N) is 1. The van der Waals surface area contributed by atoms with Crippen molar-refractivity contribution in [3.63, 3.8) is 0 Å². The SMILES string of the molecule is Cc1cccc(OCC(=O)OCC(=O)c2ccc(NC(=O)c3ccccc3)cc2)c1C. The first-order chi connectivity index (χ1) is 14.9. The largest absolute Gasteiger partial charge is 0.482 e. The van der Waals surface area contributed by atoms with E-state index in [0.717, 1.165) is 11.1 Å². The van der Waals surface area contributed by atoms with E-state index in [-0.39, 0.29) is 24.9 Å². The van der Waals surface area contributed by atoms with Crippen molar-refractivity contribution in [3.05, 3.63) is 95.1 Å². The molecule has 0 aliphatic rings. The van der Waals surface area contributed by atoms with Crippen LogP contribution in [0.25, 0.3) is 0 Å². The molecular weight excluding hydrogens is 394 g/mol. The van der Waals surface area contributed by atoms with E-state index in [1.807, 2.05) is 32.0 Å². The zero-order valence-corrected chi connectivity index (χ0v) is 17.4. The molecular formula is C25H23NO5. The fourth-order valence-corrected chi connectivity index (χ4v) is 2.82. The minimum atomic E-state index is -0.624. The van der Waals surface area contributed by atoms with Gasteiger partial charge in [0.05, 0.1) is 0 Å². The van der Waals surface area contributed by atoms with Gasteiger partial charge in [-0.2, -0.15) is 0 Å². The Morgan fingerprint density at radius 1 is 0.774 bits per heavy atom. The molecule has 0 saturated carbocycles. The summed E-state index contributed by atoms with van der Waals surface area (Å²) in [5, 5.41) is 2.76. The van der Waals surface area contributed by atoms with Crippen LogP contribution in [0.15, 0.2) is 72.8 Å². The van der Waals surface area contributed by atoms with Crippen LogP contribution in [0.1, 0.15) is 31.8 Å². The lowest BCUT2D eigenvalue weighted by Gasteiger charge is -2.10. The van der Waals surface area contributed by atoms with Crippen LogP contribution in [0.4, 0.5) is 5.69 Å². The van der Waals surface area contributed by atoms with Gasteiger partial charge in [-0.05, 0) is 67.4 Å². The first-order valence-electron chi connectivity index (χ1n) is 9.78. The van der Waals surface area contributed by atoms with Crippen molar-refractivity contribution < 1.29 is 23.9 Å². The molecule has 158 valence electrons. The van der Waals surface area contributed by atoms with Gasteiger partial charge in [0.15, 0.2) is 19.0 Å². The van der Waals surface area contributed by atoms with Gasteiger partial charge < -0.3 is 14.8 Å². The Morgan fingerprint density at radius 2 is 1.48 bits per heavy atom. The first kappa shape index (κ1) is 21.8. The molecule has 0 spiro atoms. The van der Waals surface area contributed by atoms with Crippen molar-refractivity contribution in [1.29, 1.82) is 0 Å². The average molecular weight is 417 g/mol. The zero-order valence-electron chi connectivity index (χ0n) is 17.4. The molecule has 3 aromatic rings. The number of benzene rings is 3. The van der Waals surface area contributed by atoms with Gasteiger partial charge in [-0.25, -0.2) is 4.79 Å². The topological polar surface area (TPSA) is 81.7 Å². The van der Waals surface area contributed by atoms with Gasteiger partial charge in [0.2, 0.25) is 0 Å². The predicted molar refractivity (Wildman–Crippen MR) is 118 cm³/mol. The van der Waals surface area contributed by atoms with Gasteiger partial charge in [-0.15, -0.1) is 0 Å². The second-order valence-corrected chi connectivity index (χ2v) is 6.97. The quantitative estimate of drug-likeness (QED) is 0.435. The van der Waals surface area contributed by atoms with E-state index in [2.05, 4.69) is 5.32 Å². The molecule has 0 radical (unpaired) electrons. The Balaban J connectivity index is 1.47. The summed E-state index contributed by atoms with van der Waals surface area (Å²) in [5.74, 6) is -0.601. The average Bonchev–Trinajstić information content (AvgIpc) is 2.79. The summed E-state index contributed by atoms with van der Waals surface area (Å²) in [6.07, 6.45) is 0. The fourth-order valence-electron chi connectivity index (χ4n) is 2.82. The molecule has 3 aromatic carbocycles. The van der Waals surface area contributed by atoms with Crippen molar-refractivity contribution >= 4 is 23.3 Å². The van der Waals surface area contributed by atoms with Crippen molar-refractivity contribution in [2.24, 2.45) is 0 Å². The van der Waals surface area contributed by atoms with Crippen LogP contribution in [-0.2, 0) is 9.53 Å². The Labute approximate surface area is 180 Å². The lowest BCUT2D eigenvalue weighted by molar-refractivity contribution is -0.144. The van der Waals surface area contributed by atoms with E-state index in [4.69, 9.17) is 9.47 Å². The highest BCUT2D eigenvalue weighted by atomic mass is 16.6. The number of carbonyl (C=O) groups excluding carboxylic acids is 3. The number of ketones is 1. The van der Waals surface area contributed by atoms with Crippen LogP contribution >= 0.6 is 0 Å². The number of carbonyl (C=O) groups is 3. The number of hydrogen-bond donors (Lipinski definition) is 1. The fraction of sp³-hybridized carbons (Fsp3) is 0.160. The molecule has 6 nitrogen and oxygen atoms in total. The number of anilines is 1. The molecule has 0 bridgehead atoms. The number of aryl methyl sites for hydroxylation is 1. The van der Waals surface area contributed by atoms with Crippen LogP contribution in [0.2, 0.25) is 0 Å². The third-order valence-corrected chi connectivity index (χ3v) is 4.77. The number of esters is 1. The summed E-state index contributed by atoms with van der Waals surface area (Å²) in [6, 6.07) is 20.8.